The first-order valence-electron chi connectivity index (χ1n) is 11.3. The first kappa shape index (κ1) is 21.1. The Bertz CT molecular complexity index is 575. The number of aliphatic imine (C=N–C) groups is 1. The summed E-state index contributed by atoms with van der Waals surface area (Å²) in [5, 5.41) is 9.46. The van der Waals surface area contributed by atoms with E-state index in [0.29, 0.717) is 12.1 Å². The van der Waals surface area contributed by atoms with Crippen LogP contribution in [0.3, 0.4) is 0 Å². The maximum atomic E-state index is 9.46. The molecule has 3 saturated heterocycles. The molecular formula is C22H36N6. The third-order valence-electron chi connectivity index (χ3n) is 6.71. The van der Waals surface area contributed by atoms with E-state index in [1.165, 1.54) is 51.7 Å². The van der Waals surface area contributed by atoms with Gasteiger partial charge in [-0.2, -0.15) is 5.26 Å². The fraction of sp³-hybridized carbons (Fsp3) is 0.864. The number of hydrogen-bond acceptors (Lipinski definition) is 4. The van der Waals surface area contributed by atoms with Crippen LogP contribution in [0, 0.1) is 17.9 Å². The molecule has 6 nitrogen and oxygen atoms in total. The van der Waals surface area contributed by atoms with Gasteiger partial charge in [-0.3, -0.25) is 14.7 Å². The number of nitriles is 1. The lowest BCUT2D eigenvalue weighted by atomic mass is 10.0. The second-order valence-corrected chi connectivity index (χ2v) is 8.60. The standard InChI is InChI=1S/C22H36N6/c1-19-8-6-15-28(19)20-9-16-27(17-10-20)22(21(18-23)24-2)25-11-7-14-26-12-4-3-5-13-26/h19-21H,3-17H2,1H3. The number of piperidine rings is 2. The second kappa shape index (κ2) is 10.8. The molecule has 0 bridgehead atoms. The van der Waals surface area contributed by atoms with Crippen molar-refractivity contribution in [1.82, 2.24) is 14.7 Å². The monoisotopic (exact) mass is 384 g/mol. The first-order chi connectivity index (χ1) is 13.7. The van der Waals surface area contributed by atoms with Crippen LogP contribution in [-0.2, 0) is 0 Å². The summed E-state index contributed by atoms with van der Waals surface area (Å²) in [5.41, 5.74) is 0. The smallest absolute Gasteiger partial charge is 0.353 e. The van der Waals surface area contributed by atoms with Gasteiger partial charge < -0.3 is 9.80 Å². The molecule has 0 N–H and O–H groups in total. The highest BCUT2D eigenvalue weighted by molar-refractivity contribution is 5.91. The minimum atomic E-state index is -0.753. The highest BCUT2D eigenvalue weighted by Gasteiger charge is 2.34. The fourth-order valence-electron chi connectivity index (χ4n) is 5.10. The zero-order chi connectivity index (χ0) is 19.8. The Morgan fingerprint density at radius 2 is 1.86 bits per heavy atom. The lowest BCUT2D eigenvalue weighted by Gasteiger charge is -2.39. The number of amidine groups is 1. The number of nitrogens with zero attached hydrogens (tertiary/aromatic N) is 6. The van der Waals surface area contributed by atoms with Crippen molar-refractivity contribution in [2.75, 3.05) is 45.8 Å². The Labute approximate surface area is 171 Å². The summed E-state index contributed by atoms with van der Waals surface area (Å²) in [6, 6.07) is 2.77. The lowest BCUT2D eigenvalue weighted by Crippen LogP contribution is -2.49. The predicted molar refractivity (Wildman–Crippen MR) is 113 cm³/mol. The van der Waals surface area contributed by atoms with Crippen LogP contribution >= 0.6 is 0 Å². The molecule has 28 heavy (non-hydrogen) atoms. The van der Waals surface area contributed by atoms with Crippen molar-refractivity contribution in [3.63, 3.8) is 0 Å². The molecule has 0 amide bonds. The molecule has 0 aromatic rings. The quantitative estimate of drug-likeness (QED) is 0.306. The molecule has 0 saturated carbocycles. The van der Waals surface area contributed by atoms with Gasteiger partial charge in [0.05, 0.1) is 0 Å². The third-order valence-corrected chi connectivity index (χ3v) is 6.71. The summed E-state index contributed by atoms with van der Waals surface area (Å²) in [7, 11) is 0. The van der Waals surface area contributed by atoms with Gasteiger partial charge in [0.1, 0.15) is 0 Å². The molecule has 0 aromatic carbocycles. The molecule has 0 spiro atoms. The van der Waals surface area contributed by atoms with E-state index in [9.17, 15) is 5.26 Å². The van der Waals surface area contributed by atoms with E-state index in [2.05, 4.69) is 32.5 Å². The Morgan fingerprint density at radius 3 is 2.46 bits per heavy atom. The highest BCUT2D eigenvalue weighted by Crippen LogP contribution is 2.26. The van der Waals surface area contributed by atoms with Crippen molar-refractivity contribution in [3.05, 3.63) is 11.4 Å². The maximum Gasteiger partial charge on any atom is 0.363 e. The average Bonchev–Trinajstić information content (AvgIpc) is 3.17. The van der Waals surface area contributed by atoms with Crippen molar-refractivity contribution in [2.24, 2.45) is 4.99 Å². The summed E-state index contributed by atoms with van der Waals surface area (Å²) >= 11 is 0. The van der Waals surface area contributed by atoms with Crippen molar-refractivity contribution in [1.29, 1.82) is 5.26 Å². The summed E-state index contributed by atoms with van der Waals surface area (Å²) in [6.45, 7) is 17.1. The van der Waals surface area contributed by atoms with Crippen molar-refractivity contribution >= 4 is 5.84 Å². The van der Waals surface area contributed by atoms with Gasteiger partial charge in [0, 0.05) is 31.7 Å². The van der Waals surface area contributed by atoms with Crippen LogP contribution < -0.4 is 0 Å². The first-order valence-corrected chi connectivity index (χ1v) is 11.3. The largest absolute Gasteiger partial charge is 0.363 e. The van der Waals surface area contributed by atoms with Crippen molar-refractivity contribution in [2.45, 2.75) is 76.4 Å². The molecule has 3 aliphatic rings. The van der Waals surface area contributed by atoms with Gasteiger partial charge in [-0.25, -0.2) is 6.57 Å². The molecular weight excluding hydrogens is 348 g/mol. The Hall–Kier alpha value is -1.63. The average molecular weight is 385 g/mol. The minimum Gasteiger partial charge on any atom is -0.353 e. The maximum absolute atomic E-state index is 9.46. The third kappa shape index (κ3) is 5.46. The van der Waals surface area contributed by atoms with Crippen molar-refractivity contribution < 1.29 is 0 Å². The van der Waals surface area contributed by atoms with Gasteiger partial charge in [0.25, 0.3) is 0 Å². The van der Waals surface area contributed by atoms with E-state index in [1.54, 1.807) is 0 Å². The van der Waals surface area contributed by atoms with Gasteiger partial charge >= 0.3 is 6.04 Å². The number of likely N-dealkylation sites (tertiary alicyclic amines) is 3. The van der Waals surface area contributed by atoms with Gasteiger partial charge in [0.2, 0.25) is 0 Å². The molecule has 3 fully saturated rings. The molecule has 154 valence electrons. The molecule has 0 aromatic heterocycles. The van der Waals surface area contributed by atoms with Crippen molar-refractivity contribution in [3.8, 4) is 6.07 Å². The van der Waals surface area contributed by atoms with E-state index >= 15 is 0 Å². The zero-order valence-corrected chi connectivity index (χ0v) is 17.5. The van der Waals surface area contributed by atoms with Gasteiger partial charge in [-0.05, 0) is 78.0 Å². The van der Waals surface area contributed by atoms with E-state index in [-0.39, 0.29) is 0 Å². The minimum absolute atomic E-state index is 0.655. The van der Waals surface area contributed by atoms with Crippen LogP contribution in [0.15, 0.2) is 4.99 Å². The number of rotatable bonds is 6. The lowest BCUT2D eigenvalue weighted by molar-refractivity contribution is 0.130. The van der Waals surface area contributed by atoms with Crippen LogP contribution in [0.1, 0.15) is 58.3 Å². The summed E-state index contributed by atoms with van der Waals surface area (Å²) in [6.07, 6.45) is 9.87. The molecule has 3 rings (SSSR count). The van der Waals surface area contributed by atoms with Crippen LogP contribution in [0.4, 0.5) is 0 Å². The molecule has 0 radical (unpaired) electrons. The Balaban J connectivity index is 1.53. The number of hydrogen-bond donors (Lipinski definition) is 0. The highest BCUT2D eigenvalue weighted by atomic mass is 15.3. The molecule has 2 unspecified atom stereocenters. The van der Waals surface area contributed by atoms with E-state index in [1.807, 2.05) is 0 Å². The summed E-state index contributed by atoms with van der Waals surface area (Å²) in [4.78, 5) is 15.8. The van der Waals surface area contributed by atoms with Gasteiger partial charge in [-0.15, -0.1) is 0 Å². The molecule has 0 aliphatic carbocycles. The topological polar surface area (TPSA) is 50.2 Å². The summed E-state index contributed by atoms with van der Waals surface area (Å²) in [5.74, 6) is 0.726. The van der Waals surface area contributed by atoms with E-state index in [0.717, 1.165) is 51.3 Å². The zero-order valence-electron chi connectivity index (χ0n) is 17.5. The van der Waals surface area contributed by atoms with Crippen LogP contribution in [0.25, 0.3) is 4.85 Å². The second-order valence-electron chi connectivity index (χ2n) is 8.60. The SMILES string of the molecule is [C-]#[N+]C(C#N)C(=NCCCN1CCCCC1)N1CCC(N2CCCC2C)CC1. The fourth-order valence-corrected chi connectivity index (χ4v) is 5.10. The van der Waals surface area contributed by atoms with Gasteiger partial charge in [-0.1, -0.05) is 6.42 Å². The van der Waals surface area contributed by atoms with Crippen LogP contribution in [-0.4, -0.2) is 84.5 Å². The summed E-state index contributed by atoms with van der Waals surface area (Å²) < 4.78 is 0. The van der Waals surface area contributed by atoms with E-state index < -0.39 is 6.04 Å². The molecule has 2 atom stereocenters. The van der Waals surface area contributed by atoms with Gasteiger partial charge in [0.15, 0.2) is 11.9 Å². The molecule has 3 aliphatic heterocycles. The van der Waals surface area contributed by atoms with Crippen LogP contribution in [0.2, 0.25) is 0 Å². The molecule has 6 heteroatoms. The van der Waals surface area contributed by atoms with E-state index in [4.69, 9.17) is 11.6 Å². The predicted octanol–water partition coefficient (Wildman–Crippen LogP) is 3.02. The Kier molecular flexibility index (Phi) is 8.13. The molecule has 3 heterocycles. The Morgan fingerprint density at radius 1 is 1.11 bits per heavy atom. The normalized spacial score (nSPS) is 26.8. The van der Waals surface area contributed by atoms with Crippen LogP contribution in [0.5, 0.6) is 0 Å².